The van der Waals surface area contributed by atoms with Crippen LogP contribution in [0, 0.1) is 0 Å². The summed E-state index contributed by atoms with van der Waals surface area (Å²) in [4.78, 5) is 11.4. The van der Waals surface area contributed by atoms with Crippen LogP contribution < -0.4 is 0 Å². The molecule has 0 fully saturated rings. The number of Topliss-reactive ketones (excluding diaryl/α,β-unsaturated/α-hetero) is 1. The molecule has 3 nitrogen and oxygen atoms in total. The van der Waals surface area contributed by atoms with Crippen LogP contribution in [0.4, 0.5) is 0 Å². The Morgan fingerprint density at radius 1 is 1.16 bits per heavy atom. The molecule has 0 aliphatic carbocycles. The first kappa shape index (κ1) is 11.9. The molecule has 19 heavy (non-hydrogen) atoms. The van der Waals surface area contributed by atoms with E-state index in [2.05, 4.69) is 5.10 Å². The fourth-order valence-corrected chi connectivity index (χ4v) is 2.10. The van der Waals surface area contributed by atoms with Crippen molar-refractivity contribution < 1.29 is 4.79 Å². The van der Waals surface area contributed by atoms with Crippen molar-refractivity contribution in [3.05, 3.63) is 59.2 Å². The Bertz CT molecular complexity index is 759. The molecular weight excluding hydrogens is 260 g/mol. The highest BCUT2D eigenvalue weighted by molar-refractivity contribution is 6.30. The van der Waals surface area contributed by atoms with Crippen molar-refractivity contribution in [3.8, 4) is 11.3 Å². The Hall–Kier alpha value is -2.13. The standard InChI is InChI=1S/C15H11ClN2O/c1-10(19)12-6-7-18-14(8-12)9-15(17-18)11-2-4-13(16)5-3-11/h2-9H,1H3. The van der Waals surface area contributed by atoms with Gasteiger partial charge in [0, 0.05) is 22.3 Å². The largest absolute Gasteiger partial charge is 0.295 e. The first-order valence-corrected chi connectivity index (χ1v) is 6.27. The summed E-state index contributed by atoms with van der Waals surface area (Å²) in [6.45, 7) is 1.56. The molecule has 2 heterocycles. The Kier molecular flexibility index (Phi) is 2.84. The van der Waals surface area contributed by atoms with Gasteiger partial charge in [-0.3, -0.25) is 4.79 Å². The van der Waals surface area contributed by atoms with E-state index in [0.717, 1.165) is 16.8 Å². The van der Waals surface area contributed by atoms with Crippen molar-refractivity contribution in [1.82, 2.24) is 9.61 Å². The highest BCUT2D eigenvalue weighted by Gasteiger charge is 2.06. The number of hydrogen-bond acceptors (Lipinski definition) is 2. The molecule has 2 aromatic heterocycles. The quantitative estimate of drug-likeness (QED) is 0.663. The van der Waals surface area contributed by atoms with Crippen molar-refractivity contribution in [3.63, 3.8) is 0 Å². The molecule has 0 aliphatic heterocycles. The summed E-state index contributed by atoms with van der Waals surface area (Å²) in [7, 11) is 0. The van der Waals surface area contributed by atoms with Crippen LogP contribution in [0.25, 0.3) is 16.8 Å². The molecule has 94 valence electrons. The van der Waals surface area contributed by atoms with Gasteiger partial charge in [0.15, 0.2) is 5.78 Å². The van der Waals surface area contributed by atoms with E-state index in [-0.39, 0.29) is 5.78 Å². The number of carbonyl (C=O) groups is 1. The first-order chi connectivity index (χ1) is 9.13. The summed E-state index contributed by atoms with van der Waals surface area (Å²) in [5.41, 5.74) is 3.45. The van der Waals surface area contributed by atoms with E-state index in [1.165, 1.54) is 0 Å². The lowest BCUT2D eigenvalue weighted by Crippen LogP contribution is -1.94. The SMILES string of the molecule is CC(=O)c1ccn2nc(-c3ccc(Cl)cc3)cc2c1. The average Bonchev–Trinajstić information content (AvgIpc) is 2.82. The normalized spacial score (nSPS) is 10.8. The Morgan fingerprint density at radius 3 is 2.58 bits per heavy atom. The van der Waals surface area contributed by atoms with Gasteiger partial charge in [-0.2, -0.15) is 5.10 Å². The van der Waals surface area contributed by atoms with Crippen LogP contribution in [0.3, 0.4) is 0 Å². The zero-order chi connectivity index (χ0) is 13.4. The molecule has 0 aliphatic rings. The van der Waals surface area contributed by atoms with Crippen molar-refractivity contribution in [2.75, 3.05) is 0 Å². The predicted molar refractivity (Wildman–Crippen MR) is 75.6 cm³/mol. The molecule has 3 rings (SSSR count). The Balaban J connectivity index is 2.11. The minimum Gasteiger partial charge on any atom is -0.295 e. The van der Waals surface area contributed by atoms with Crippen molar-refractivity contribution in [2.24, 2.45) is 0 Å². The molecule has 0 N–H and O–H groups in total. The number of hydrogen-bond donors (Lipinski definition) is 0. The molecule has 0 amide bonds. The maximum atomic E-state index is 11.4. The first-order valence-electron chi connectivity index (χ1n) is 5.90. The number of carbonyl (C=O) groups excluding carboxylic acids is 1. The van der Waals surface area contributed by atoms with Gasteiger partial charge in [0.05, 0.1) is 11.2 Å². The minimum atomic E-state index is 0.0525. The van der Waals surface area contributed by atoms with Crippen LogP contribution in [-0.2, 0) is 0 Å². The van der Waals surface area contributed by atoms with E-state index in [1.54, 1.807) is 23.7 Å². The Labute approximate surface area is 115 Å². The number of halogens is 1. The lowest BCUT2D eigenvalue weighted by Gasteiger charge is -1.96. The molecule has 4 heteroatoms. The molecule has 0 saturated carbocycles. The molecular formula is C15H11ClN2O. The van der Waals surface area contributed by atoms with Crippen molar-refractivity contribution in [2.45, 2.75) is 6.92 Å². The number of ketones is 1. The maximum Gasteiger partial charge on any atom is 0.159 e. The van der Waals surface area contributed by atoms with Crippen LogP contribution in [0.5, 0.6) is 0 Å². The molecule has 0 radical (unpaired) electrons. The summed E-state index contributed by atoms with van der Waals surface area (Å²) in [6, 6.07) is 13.1. The van der Waals surface area contributed by atoms with Gasteiger partial charge in [-0.1, -0.05) is 23.7 Å². The van der Waals surface area contributed by atoms with Crippen LogP contribution in [0.2, 0.25) is 5.02 Å². The number of aromatic nitrogens is 2. The van der Waals surface area contributed by atoms with Gasteiger partial charge in [-0.25, -0.2) is 4.52 Å². The molecule has 0 saturated heterocycles. The number of rotatable bonds is 2. The van der Waals surface area contributed by atoms with Gasteiger partial charge in [0.25, 0.3) is 0 Å². The van der Waals surface area contributed by atoms with Gasteiger partial charge in [-0.15, -0.1) is 0 Å². The van der Waals surface area contributed by atoms with Crippen LogP contribution in [0.15, 0.2) is 48.7 Å². The fourth-order valence-electron chi connectivity index (χ4n) is 1.98. The summed E-state index contributed by atoms with van der Waals surface area (Å²) in [5, 5.41) is 5.18. The van der Waals surface area contributed by atoms with Gasteiger partial charge in [-0.05, 0) is 37.3 Å². The van der Waals surface area contributed by atoms with E-state index < -0.39 is 0 Å². The summed E-state index contributed by atoms with van der Waals surface area (Å²) in [6.07, 6.45) is 1.80. The second-order valence-corrected chi connectivity index (χ2v) is 4.81. The third-order valence-corrected chi connectivity index (χ3v) is 3.26. The lowest BCUT2D eigenvalue weighted by atomic mass is 10.1. The van der Waals surface area contributed by atoms with E-state index in [9.17, 15) is 4.79 Å². The zero-order valence-electron chi connectivity index (χ0n) is 10.3. The topological polar surface area (TPSA) is 34.4 Å². The van der Waals surface area contributed by atoms with Gasteiger partial charge in [0.2, 0.25) is 0 Å². The van der Waals surface area contributed by atoms with Crippen LogP contribution in [-0.4, -0.2) is 15.4 Å². The van der Waals surface area contributed by atoms with Gasteiger partial charge in [0.1, 0.15) is 0 Å². The highest BCUT2D eigenvalue weighted by Crippen LogP contribution is 2.22. The molecule has 3 aromatic rings. The minimum absolute atomic E-state index is 0.0525. The van der Waals surface area contributed by atoms with E-state index in [4.69, 9.17) is 11.6 Å². The third kappa shape index (κ3) is 2.25. The summed E-state index contributed by atoms with van der Waals surface area (Å²) >= 11 is 5.87. The van der Waals surface area contributed by atoms with Crippen LogP contribution in [0.1, 0.15) is 17.3 Å². The van der Waals surface area contributed by atoms with E-state index >= 15 is 0 Å². The maximum absolute atomic E-state index is 11.4. The predicted octanol–water partition coefficient (Wildman–Crippen LogP) is 3.86. The summed E-state index contributed by atoms with van der Waals surface area (Å²) < 4.78 is 1.76. The molecule has 0 unspecified atom stereocenters. The zero-order valence-corrected chi connectivity index (χ0v) is 11.1. The van der Waals surface area contributed by atoms with Gasteiger partial charge >= 0.3 is 0 Å². The number of fused-ring (bicyclic) bond motifs is 1. The van der Waals surface area contributed by atoms with Gasteiger partial charge < -0.3 is 0 Å². The lowest BCUT2D eigenvalue weighted by molar-refractivity contribution is 0.101. The Morgan fingerprint density at radius 2 is 1.89 bits per heavy atom. The summed E-state index contributed by atoms with van der Waals surface area (Å²) in [5.74, 6) is 0.0525. The van der Waals surface area contributed by atoms with Crippen molar-refractivity contribution >= 4 is 22.9 Å². The highest BCUT2D eigenvalue weighted by atomic mass is 35.5. The number of pyridine rings is 1. The molecule has 0 atom stereocenters. The molecule has 0 spiro atoms. The number of nitrogens with zero attached hydrogens (tertiary/aromatic N) is 2. The van der Waals surface area contributed by atoms with Crippen LogP contribution >= 0.6 is 11.6 Å². The average molecular weight is 271 g/mol. The van der Waals surface area contributed by atoms with Crippen molar-refractivity contribution in [1.29, 1.82) is 0 Å². The van der Waals surface area contributed by atoms with E-state index in [0.29, 0.717) is 10.6 Å². The molecule has 1 aromatic carbocycles. The number of benzene rings is 1. The monoisotopic (exact) mass is 270 g/mol. The second-order valence-electron chi connectivity index (χ2n) is 4.38. The molecule has 0 bridgehead atoms. The fraction of sp³-hybridized carbons (Fsp3) is 0.0667. The smallest absolute Gasteiger partial charge is 0.159 e. The third-order valence-electron chi connectivity index (χ3n) is 3.01. The van der Waals surface area contributed by atoms with E-state index in [1.807, 2.05) is 36.4 Å². The second kappa shape index (κ2) is 4.52.